The molecule has 3 aliphatic heterocycles. The lowest BCUT2D eigenvalue weighted by Gasteiger charge is -2.42. The van der Waals surface area contributed by atoms with Gasteiger partial charge in [0.25, 0.3) is 0 Å². The Hall–Kier alpha value is -1.84. The van der Waals surface area contributed by atoms with Crippen LogP contribution in [0.15, 0.2) is 30.5 Å². The Labute approximate surface area is 150 Å². The first kappa shape index (κ1) is 16.3. The van der Waals surface area contributed by atoms with Gasteiger partial charge in [0, 0.05) is 12.7 Å². The normalized spacial score (nSPS) is 34.8. The molecular weight excluding hydrogens is 338 g/mol. The topological polar surface area (TPSA) is 76.9 Å². The Bertz CT molecular complexity index is 823. The molecule has 0 N–H and O–H groups in total. The predicted molar refractivity (Wildman–Crippen MR) is 88.4 cm³/mol. The summed E-state index contributed by atoms with van der Waals surface area (Å²) in [7, 11) is 1.60. The summed E-state index contributed by atoms with van der Waals surface area (Å²) < 4.78 is 32.1. The van der Waals surface area contributed by atoms with Crippen LogP contribution in [0.5, 0.6) is 0 Å². The zero-order valence-corrected chi connectivity index (χ0v) is 14.9. The maximum Gasteiger partial charge on any atom is 0.187 e. The summed E-state index contributed by atoms with van der Waals surface area (Å²) in [5.74, 6) is -0.730. The zero-order chi connectivity index (χ0) is 17.9. The number of ether oxygens (including phenoxy) is 5. The van der Waals surface area contributed by atoms with Crippen LogP contribution in [0.2, 0.25) is 0 Å². The summed E-state index contributed by atoms with van der Waals surface area (Å²) in [5.41, 5.74) is 2.76. The second kappa shape index (κ2) is 5.83. The molecule has 1 aromatic heterocycles. The fourth-order valence-electron chi connectivity index (χ4n) is 4.01. The molecule has 1 aromatic carbocycles. The van der Waals surface area contributed by atoms with Gasteiger partial charge in [-0.15, -0.1) is 5.10 Å². The summed E-state index contributed by atoms with van der Waals surface area (Å²) in [6.45, 7) is 4.19. The minimum atomic E-state index is -0.730. The first-order chi connectivity index (χ1) is 12.6. The molecule has 0 aliphatic carbocycles. The first-order valence-electron chi connectivity index (χ1n) is 8.72. The molecule has 0 radical (unpaired) electrons. The van der Waals surface area contributed by atoms with E-state index in [9.17, 15) is 0 Å². The lowest BCUT2D eigenvalue weighted by atomic mass is 9.95. The molecule has 2 fully saturated rings. The molecule has 2 saturated heterocycles. The van der Waals surface area contributed by atoms with E-state index in [4.69, 9.17) is 23.7 Å². The Morgan fingerprint density at radius 2 is 1.96 bits per heavy atom. The summed E-state index contributed by atoms with van der Waals surface area (Å²) in [5, 5.41) is 8.38. The number of rotatable bonds is 1. The smallest absolute Gasteiger partial charge is 0.187 e. The highest BCUT2D eigenvalue weighted by Gasteiger charge is 2.57. The third kappa shape index (κ3) is 2.41. The Kier molecular flexibility index (Phi) is 3.67. The quantitative estimate of drug-likeness (QED) is 0.767. The molecule has 8 nitrogen and oxygen atoms in total. The van der Waals surface area contributed by atoms with Crippen LogP contribution in [0.4, 0.5) is 0 Å². The van der Waals surface area contributed by atoms with Crippen molar-refractivity contribution in [2.45, 2.75) is 56.9 Å². The number of hydrogen-bond acceptors (Lipinski definition) is 7. The fourth-order valence-corrected chi connectivity index (χ4v) is 4.01. The van der Waals surface area contributed by atoms with Gasteiger partial charge in [-0.2, -0.15) is 0 Å². The largest absolute Gasteiger partial charge is 0.367 e. The van der Waals surface area contributed by atoms with E-state index in [1.165, 1.54) is 0 Å². The summed E-state index contributed by atoms with van der Waals surface area (Å²) in [6.07, 6.45) is -0.333. The fraction of sp³-hybridized carbons (Fsp3) is 0.556. The number of aromatic nitrogens is 3. The Balaban J connectivity index is 1.61. The van der Waals surface area contributed by atoms with E-state index in [0.717, 1.165) is 16.9 Å². The number of methoxy groups -OCH3 is 1. The van der Waals surface area contributed by atoms with Gasteiger partial charge in [0.2, 0.25) is 0 Å². The maximum absolute atomic E-state index is 6.29. The number of nitrogens with zero attached hydrogens (tertiary/aromatic N) is 3. The van der Waals surface area contributed by atoms with Crippen LogP contribution >= 0.6 is 0 Å². The highest BCUT2D eigenvalue weighted by atomic mass is 16.8. The van der Waals surface area contributed by atoms with Crippen LogP contribution in [0.25, 0.3) is 5.69 Å². The molecule has 4 heterocycles. The van der Waals surface area contributed by atoms with E-state index >= 15 is 0 Å². The zero-order valence-electron chi connectivity index (χ0n) is 14.9. The van der Waals surface area contributed by atoms with Crippen molar-refractivity contribution < 1.29 is 23.7 Å². The maximum atomic E-state index is 6.29. The molecule has 26 heavy (non-hydrogen) atoms. The molecule has 0 unspecified atom stereocenters. The van der Waals surface area contributed by atoms with Crippen LogP contribution in [0, 0.1) is 0 Å². The lowest BCUT2D eigenvalue weighted by Crippen LogP contribution is -2.54. The van der Waals surface area contributed by atoms with E-state index in [0.29, 0.717) is 6.61 Å². The van der Waals surface area contributed by atoms with Gasteiger partial charge in [0.05, 0.1) is 24.2 Å². The molecule has 8 heteroatoms. The number of hydrogen-bond donors (Lipinski definition) is 0. The van der Waals surface area contributed by atoms with Gasteiger partial charge in [0.15, 0.2) is 12.1 Å². The average molecular weight is 359 g/mol. The van der Waals surface area contributed by atoms with Crippen molar-refractivity contribution in [3.8, 4) is 5.69 Å². The number of para-hydroxylation sites is 1. The van der Waals surface area contributed by atoms with Crippen LogP contribution in [0.1, 0.15) is 31.2 Å². The van der Waals surface area contributed by atoms with Crippen molar-refractivity contribution in [2.24, 2.45) is 0 Å². The molecule has 0 spiro atoms. The number of benzene rings is 1. The van der Waals surface area contributed by atoms with Crippen LogP contribution in [-0.4, -0.2) is 52.5 Å². The van der Waals surface area contributed by atoms with Crippen LogP contribution < -0.4 is 0 Å². The van der Waals surface area contributed by atoms with Gasteiger partial charge < -0.3 is 23.7 Å². The molecule has 0 bridgehead atoms. The van der Waals surface area contributed by atoms with Crippen molar-refractivity contribution in [2.75, 3.05) is 7.11 Å². The van der Waals surface area contributed by atoms with Gasteiger partial charge in [-0.3, -0.25) is 0 Å². The van der Waals surface area contributed by atoms with Crippen molar-refractivity contribution in [1.29, 1.82) is 0 Å². The minimum absolute atomic E-state index is 0.317. The molecule has 0 saturated carbocycles. The van der Waals surface area contributed by atoms with Crippen LogP contribution in [0.3, 0.4) is 0 Å². The second-order valence-corrected chi connectivity index (χ2v) is 7.20. The predicted octanol–water partition coefficient (Wildman–Crippen LogP) is 1.73. The lowest BCUT2D eigenvalue weighted by molar-refractivity contribution is -0.280. The average Bonchev–Trinajstić information content (AvgIpc) is 3.21. The monoisotopic (exact) mass is 359 g/mol. The van der Waals surface area contributed by atoms with Gasteiger partial charge in [-0.1, -0.05) is 23.4 Å². The van der Waals surface area contributed by atoms with E-state index in [-0.39, 0.29) is 18.3 Å². The van der Waals surface area contributed by atoms with Crippen molar-refractivity contribution in [1.82, 2.24) is 15.0 Å². The van der Waals surface area contributed by atoms with Crippen molar-refractivity contribution in [3.63, 3.8) is 0 Å². The Morgan fingerprint density at radius 3 is 2.81 bits per heavy atom. The summed E-state index contributed by atoms with van der Waals surface area (Å²) in [6, 6.07) is 7.97. The summed E-state index contributed by atoms with van der Waals surface area (Å²) >= 11 is 0. The van der Waals surface area contributed by atoms with E-state index < -0.39 is 18.2 Å². The third-order valence-electron chi connectivity index (χ3n) is 5.09. The standard InChI is InChI=1S/C18H21N3O5/c1-18(2)25-15-14-13(24-17(22-3)16(15)26-18)12-8-19-20-21(12)11-7-5-4-6-10(11)9-23-14/h4-8,13-17H,9H2,1-3H3/t13-,14-,15+,16+,17+/m1/s1. The van der Waals surface area contributed by atoms with E-state index in [2.05, 4.69) is 10.3 Å². The molecule has 2 aromatic rings. The first-order valence-corrected chi connectivity index (χ1v) is 8.72. The molecule has 138 valence electrons. The van der Waals surface area contributed by atoms with Gasteiger partial charge >= 0.3 is 0 Å². The highest BCUT2D eigenvalue weighted by molar-refractivity contribution is 5.41. The molecule has 5 atom stereocenters. The van der Waals surface area contributed by atoms with Gasteiger partial charge in [-0.25, -0.2) is 4.68 Å². The Morgan fingerprint density at radius 1 is 1.15 bits per heavy atom. The van der Waals surface area contributed by atoms with Gasteiger partial charge in [-0.05, 0) is 19.9 Å². The van der Waals surface area contributed by atoms with Crippen molar-refractivity contribution in [3.05, 3.63) is 41.7 Å². The van der Waals surface area contributed by atoms with Gasteiger partial charge in [0.1, 0.15) is 24.4 Å². The number of fused-ring (bicyclic) bond motifs is 7. The van der Waals surface area contributed by atoms with E-state index in [1.54, 1.807) is 13.3 Å². The summed E-state index contributed by atoms with van der Waals surface area (Å²) in [4.78, 5) is 0. The third-order valence-corrected chi connectivity index (χ3v) is 5.09. The second-order valence-electron chi connectivity index (χ2n) is 7.20. The minimum Gasteiger partial charge on any atom is -0.367 e. The molecular formula is C18H21N3O5. The van der Waals surface area contributed by atoms with Crippen molar-refractivity contribution >= 4 is 0 Å². The van der Waals surface area contributed by atoms with E-state index in [1.807, 2.05) is 42.8 Å². The SMILES string of the molecule is CO[C@H]1O[C@@H]2c3cnnn3-c3ccccc3CO[C@H]2[C@@H]2OC(C)(C)O[C@H]12. The highest BCUT2D eigenvalue weighted by Crippen LogP contribution is 2.44. The molecule has 0 amide bonds. The molecule has 3 aliphatic rings. The molecule has 5 rings (SSSR count). The van der Waals surface area contributed by atoms with Crippen LogP contribution in [-0.2, 0) is 30.3 Å².